The fraction of sp³-hybridized carbons (Fsp3) is 0.474. The van der Waals surface area contributed by atoms with Crippen LogP contribution in [0.25, 0.3) is 11.3 Å². The SMILES string of the molecule is CC12CCC(c3cc(-c4ccc(F)cc4C(F)(F)F)nnc31)C2(C)C. The maximum absolute atomic E-state index is 13.4. The van der Waals surface area contributed by atoms with E-state index in [1.165, 1.54) is 0 Å². The van der Waals surface area contributed by atoms with Gasteiger partial charge in [0.2, 0.25) is 0 Å². The summed E-state index contributed by atoms with van der Waals surface area (Å²) in [5.74, 6) is -0.658. The van der Waals surface area contributed by atoms with Gasteiger partial charge < -0.3 is 0 Å². The first-order chi connectivity index (χ1) is 11.6. The number of aromatic nitrogens is 2. The van der Waals surface area contributed by atoms with E-state index in [1.54, 1.807) is 6.07 Å². The zero-order chi connectivity index (χ0) is 18.2. The highest BCUT2D eigenvalue weighted by atomic mass is 19.4. The van der Waals surface area contributed by atoms with Gasteiger partial charge in [0.1, 0.15) is 5.82 Å². The van der Waals surface area contributed by atoms with Gasteiger partial charge in [-0.25, -0.2) is 4.39 Å². The molecule has 2 nitrogen and oxygen atoms in total. The summed E-state index contributed by atoms with van der Waals surface area (Å²) in [5, 5.41) is 8.40. The smallest absolute Gasteiger partial charge is 0.207 e. The van der Waals surface area contributed by atoms with Gasteiger partial charge in [0, 0.05) is 11.0 Å². The van der Waals surface area contributed by atoms with Gasteiger partial charge in [-0.1, -0.05) is 20.8 Å². The number of nitrogens with zero attached hydrogens (tertiary/aromatic N) is 2. The topological polar surface area (TPSA) is 25.8 Å². The average Bonchev–Trinajstić information content (AvgIpc) is 2.85. The number of rotatable bonds is 1. The second kappa shape index (κ2) is 4.80. The Balaban J connectivity index is 1.89. The van der Waals surface area contributed by atoms with E-state index in [4.69, 9.17) is 0 Å². The molecular formula is C19H18F4N2. The monoisotopic (exact) mass is 350 g/mol. The zero-order valence-electron chi connectivity index (χ0n) is 14.2. The molecule has 0 saturated heterocycles. The fourth-order valence-corrected chi connectivity index (χ4v) is 4.68. The first-order valence-corrected chi connectivity index (χ1v) is 8.31. The van der Waals surface area contributed by atoms with Crippen LogP contribution in [-0.2, 0) is 11.6 Å². The molecule has 2 aliphatic carbocycles. The lowest BCUT2D eigenvalue weighted by molar-refractivity contribution is -0.137. The Labute approximate surface area is 143 Å². The summed E-state index contributed by atoms with van der Waals surface area (Å²) in [6.45, 7) is 6.53. The van der Waals surface area contributed by atoms with Gasteiger partial charge in [-0.15, -0.1) is 0 Å². The van der Waals surface area contributed by atoms with E-state index < -0.39 is 17.6 Å². The summed E-state index contributed by atoms with van der Waals surface area (Å²) in [6, 6.07) is 4.40. The van der Waals surface area contributed by atoms with Crippen molar-refractivity contribution in [2.75, 3.05) is 0 Å². The third kappa shape index (κ3) is 2.09. The third-order valence-electron chi connectivity index (χ3n) is 6.51. The quantitative estimate of drug-likeness (QED) is 0.637. The molecule has 1 aromatic heterocycles. The molecule has 4 rings (SSSR count). The van der Waals surface area contributed by atoms with Gasteiger partial charge in [0.15, 0.2) is 0 Å². The molecule has 0 aliphatic heterocycles. The first kappa shape index (κ1) is 16.5. The molecule has 2 aromatic rings. The number of benzene rings is 1. The van der Waals surface area contributed by atoms with Crippen LogP contribution in [0.5, 0.6) is 0 Å². The minimum absolute atomic E-state index is 0.00170. The normalized spacial score (nSPS) is 26.8. The number of fused-ring (bicyclic) bond motifs is 5. The highest BCUT2D eigenvalue weighted by Crippen LogP contribution is 2.67. The lowest BCUT2D eigenvalue weighted by atomic mass is 9.70. The van der Waals surface area contributed by atoms with Crippen LogP contribution < -0.4 is 0 Å². The van der Waals surface area contributed by atoms with Crippen molar-refractivity contribution >= 4 is 0 Å². The molecule has 0 spiro atoms. The molecule has 0 radical (unpaired) electrons. The molecule has 2 unspecified atom stereocenters. The molecule has 0 N–H and O–H groups in total. The highest BCUT2D eigenvalue weighted by Gasteiger charge is 2.60. The number of halogens is 4. The van der Waals surface area contributed by atoms with Gasteiger partial charge >= 0.3 is 6.18 Å². The molecule has 1 aromatic carbocycles. The molecule has 1 saturated carbocycles. The molecule has 0 amide bonds. The maximum atomic E-state index is 13.4. The second-order valence-corrected chi connectivity index (χ2v) is 7.87. The van der Waals surface area contributed by atoms with Crippen LogP contribution in [0.15, 0.2) is 24.3 Å². The van der Waals surface area contributed by atoms with Gasteiger partial charge in [-0.05, 0) is 54.0 Å². The van der Waals surface area contributed by atoms with E-state index in [0.717, 1.165) is 36.2 Å². The van der Waals surface area contributed by atoms with Gasteiger partial charge in [-0.3, -0.25) is 0 Å². The molecule has 1 heterocycles. The highest BCUT2D eigenvalue weighted by molar-refractivity contribution is 5.66. The molecule has 2 atom stereocenters. The van der Waals surface area contributed by atoms with Crippen molar-refractivity contribution in [2.45, 2.75) is 51.1 Å². The Morgan fingerprint density at radius 3 is 2.48 bits per heavy atom. The minimum Gasteiger partial charge on any atom is -0.207 e. The number of hydrogen-bond donors (Lipinski definition) is 0. The molecule has 6 heteroatoms. The molecule has 25 heavy (non-hydrogen) atoms. The first-order valence-electron chi connectivity index (χ1n) is 8.31. The van der Waals surface area contributed by atoms with E-state index in [9.17, 15) is 17.6 Å². The van der Waals surface area contributed by atoms with Crippen LogP contribution in [0.4, 0.5) is 17.6 Å². The minimum atomic E-state index is -4.65. The van der Waals surface area contributed by atoms with Gasteiger partial charge in [0.25, 0.3) is 0 Å². The van der Waals surface area contributed by atoms with Crippen LogP contribution in [0.1, 0.15) is 56.4 Å². The lowest BCUT2D eigenvalue weighted by Crippen LogP contribution is -2.32. The van der Waals surface area contributed by atoms with Crippen LogP contribution in [0.3, 0.4) is 0 Å². The summed E-state index contributed by atoms with van der Waals surface area (Å²) < 4.78 is 53.3. The largest absolute Gasteiger partial charge is 0.417 e. The van der Waals surface area contributed by atoms with Crippen LogP contribution in [-0.4, -0.2) is 10.2 Å². The van der Waals surface area contributed by atoms with Crippen molar-refractivity contribution in [3.63, 3.8) is 0 Å². The molecule has 132 valence electrons. The van der Waals surface area contributed by atoms with Crippen molar-refractivity contribution in [1.29, 1.82) is 0 Å². The van der Waals surface area contributed by atoms with E-state index in [2.05, 4.69) is 31.0 Å². The number of hydrogen-bond acceptors (Lipinski definition) is 2. The summed E-state index contributed by atoms with van der Waals surface area (Å²) in [6.07, 6.45) is -2.64. The van der Waals surface area contributed by atoms with Crippen molar-refractivity contribution < 1.29 is 17.6 Å². The Kier molecular flexibility index (Phi) is 3.17. The van der Waals surface area contributed by atoms with Crippen molar-refractivity contribution in [2.24, 2.45) is 5.41 Å². The van der Waals surface area contributed by atoms with E-state index >= 15 is 0 Å². The summed E-state index contributed by atoms with van der Waals surface area (Å²) in [4.78, 5) is 0. The lowest BCUT2D eigenvalue weighted by Gasteiger charge is -2.33. The Hall–Kier alpha value is -1.98. The van der Waals surface area contributed by atoms with Crippen molar-refractivity contribution in [1.82, 2.24) is 10.2 Å². The predicted octanol–water partition coefficient (Wildman–Crippen LogP) is 5.48. The number of alkyl halides is 3. The summed E-state index contributed by atoms with van der Waals surface area (Å²) >= 11 is 0. The average molecular weight is 350 g/mol. The van der Waals surface area contributed by atoms with Crippen LogP contribution >= 0.6 is 0 Å². The molecule has 1 fully saturated rings. The molecule has 2 bridgehead atoms. The van der Waals surface area contributed by atoms with E-state index in [-0.39, 0.29) is 28.0 Å². The van der Waals surface area contributed by atoms with Crippen LogP contribution in [0, 0.1) is 11.2 Å². The Morgan fingerprint density at radius 1 is 1.08 bits per heavy atom. The molecular weight excluding hydrogens is 332 g/mol. The zero-order valence-corrected chi connectivity index (χ0v) is 14.2. The predicted molar refractivity (Wildman–Crippen MR) is 85.5 cm³/mol. The molecule has 2 aliphatic rings. The summed E-state index contributed by atoms with van der Waals surface area (Å²) in [7, 11) is 0. The van der Waals surface area contributed by atoms with Gasteiger partial charge in [-0.2, -0.15) is 23.4 Å². The van der Waals surface area contributed by atoms with Gasteiger partial charge in [0.05, 0.1) is 17.0 Å². The second-order valence-electron chi connectivity index (χ2n) is 7.87. The summed E-state index contributed by atoms with van der Waals surface area (Å²) in [5.41, 5.74) is 0.782. The van der Waals surface area contributed by atoms with Crippen LogP contribution in [0.2, 0.25) is 0 Å². The van der Waals surface area contributed by atoms with Crippen molar-refractivity contribution in [3.05, 3.63) is 46.9 Å². The third-order valence-corrected chi connectivity index (χ3v) is 6.51. The standard InChI is InChI=1S/C19H18F4N2/c1-17(2)13-6-7-18(17,3)16-12(13)9-15(24-25-16)11-5-4-10(20)8-14(11)19(21,22)23/h4-5,8-9,13H,6-7H2,1-3H3. The van der Waals surface area contributed by atoms with Crippen molar-refractivity contribution in [3.8, 4) is 11.3 Å². The fourth-order valence-electron chi connectivity index (χ4n) is 4.68. The Bertz CT molecular complexity index is 872. The van der Waals surface area contributed by atoms with E-state index in [0.29, 0.717) is 6.07 Å². The Morgan fingerprint density at radius 2 is 1.80 bits per heavy atom. The maximum Gasteiger partial charge on any atom is 0.417 e. The van der Waals surface area contributed by atoms with E-state index in [1.807, 2.05) is 0 Å².